The van der Waals surface area contributed by atoms with Gasteiger partial charge < -0.3 is 10.2 Å². The lowest BCUT2D eigenvalue weighted by atomic mass is 10.4. The van der Waals surface area contributed by atoms with Crippen molar-refractivity contribution in [1.29, 1.82) is 5.41 Å². The van der Waals surface area contributed by atoms with Crippen molar-refractivity contribution in [3.05, 3.63) is 29.9 Å². The lowest BCUT2D eigenvalue weighted by Gasteiger charge is -1.98. The van der Waals surface area contributed by atoms with Crippen molar-refractivity contribution in [3.63, 3.8) is 0 Å². The molecule has 0 aliphatic heterocycles. The summed E-state index contributed by atoms with van der Waals surface area (Å²) in [6, 6.07) is 1.58. The lowest BCUT2D eigenvalue weighted by molar-refractivity contribution is 0.453. The number of amidine groups is 1. The molecular weight excluding hydrogens is 226 g/mol. The number of nitrogen functional groups attached to an aromatic ring is 1. The summed E-state index contributed by atoms with van der Waals surface area (Å²) in [5.74, 6) is -0.0900. The van der Waals surface area contributed by atoms with Crippen LogP contribution in [0, 0.1) is 12.3 Å². The monoisotopic (exact) mass is 235 g/mol. The number of nitrogens with one attached hydrogen (secondary N) is 1. The van der Waals surface area contributed by atoms with Gasteiger partial charge in [0, 0.05) is 18.0 Å². The van der Waals surface area contributed by atoms with Crippen LogP contribution < -0.4 is 5.73 Å². The largest absolute Gasteiger partial charge is 0.439 e. The molecule has 0 bridgehead atoms. The van der Waals surface area contributed by atoms with Crippen molar-refractivity contribution in [2.24, 2.45) is 5.73 Å². The summed E-state index contributed by atoms with van der Waals surface area (Å²) in [6.45, 7) is 1.83. The number of rotatable bonds is 3. The molecule has 16 heavy (non-hydrogen) atoms. The van der Waals surface area contributed by atoms with Gasteiger partial charge in [-0.3, -0.25) is 5.41 Å². The smallest absolute Gasteiger partial charge is 0.263 e. The number of nitrogens with two attached hydrogens (primary N) is 1. The van der Waals surface area contributed by atoms with E-state index in [4.69, 9.17) is 15.6 Å². The zero-order valence-corrected chi connectivity index (χ0v) is 9.28. The Bertz CT molecular complexity index is 524. The molecule has 0 spiro atoms. The zero-order valence-electron chi connectivity index (χ0n) is 8.47. The van der Waals surface area contributed by atoms with Crippen LogP contribution in [-0.4, -0.2) is 20.8 Å². The maximum Gasteiger partial charge on any atom is 0.263 e. The van der Waals surface area contributed by atoms with Gasteiger partial charge in [0.05, 0.1) is 5.69 Å². The van der Waals surface area contributed by atoms with E-state index in [0.717, 1.165) is 5.69 Å². The van der Waals surface area contributed by atoms with Gasteiger partial charge in [-0.2, -0.15) is 0 Å². The number of hydrogen-bond acceptors (Lipinski definition) is 6. The fraction of sp³-hybridized carbons (Fsp3) is 0.111. The van der Waals surface area contributed by atoms with E-state index in [1.54, 1.807) is 18.5 Å². The van der Waals surface area contributed by atoms with Crippen molar-refractivity contribution >= 4 is 17.6 Å². The number of aromatic nitrogens is 3. The fourth-order valence-corrected chi connectivity index (χ4v) is 1.70. The summed E-state index contributed by atoms with van der Waals surface area (Å²) in [5, 5.41) is 8.18. The first kappa shape index (κ1) is 10.6. The molecular formula is C9H9N5OS. The van der Waals surface area contributed by atoms with Gasteiger partial charge in [0.25, 0.3) is 5.22 Å². The van der Waals surface area contributed by atoms with Gasteiger partial charge in [0.1, 0.15) is 17.8 Å². The van der Waals surface area contributed by atoms with Crippen molar-refractivity contribution in [2.75, 3.05) is 0 Å². The van der Waals surface area contributed by atoms with Crippen molar-refractivity contribution < 1.29 is 4.42 Å². The van der Waals surface area contributed by atoms with Gasteiger partial charge in [-0.25, -0.2) is 15.0 Å². The van der Waals surface area contributed by atoms with Crippen LogP contribution in [0.25, 0.3) is 0 Å². The summed E-state index contributed by atoms with van der Waals surface area (Å²) >= 11 is 1.19. The lowest BCUT2D eigenvalue weighted by Crippen LogP contribution is -2.13. The quantitative estimate of drug-likeness (QED) is 0.471. The molecule has 0 aliphatic carbocycles. The molecule has 3 N–H and O–H groups in total. The Balaban J connectivity index is 2.21. The summed E-state index contributed by atoms with van der Waals surface area (Å²) in [4.78, 5) is 12.2. The van der Waals surface area contributed by atoms with E-state index >= 15 is 0 Å². The molecule has 0 fully saturated rings. The highest BCUT2D eigenvalue weighted by Crippen LogP contribution is 2.23. The summed E-state index contributed by atoms with van der Waals surface area (Å²) in [7, 11) is 0. The van der Waals surface area contributed by atoms with E-state index in [2.05, 4.69) is 15.0 Å². The minimum absolute atomic E-state index is 0.0900. The van der Waals surface area contributed by atoms with E-state index in [0.29, 0.717) is 16.1 Å². The molecule has 2 heterocycles. The van der Waals surface area contributed by atoms with E-state index in [-0.39, 0.29) is 5.84 Å². The molecule has 0 amide bonds. The number of oxazole rings is 1. The molecule has 0 unspecified atom stereocenters. The van der Waals surface area contributed by atoms with E-state index in [1.165, 1.54) is 11.8 Å². The standard InChI is InChI=1S/C9H9N5OS/c1-5-4-15-9(13-5)16-8-12-3-2-6(14-8)7(10)11/h2-4H,1H3,(H3,10,11). The predicted molar refractivity (Wildman–Crippen MR) is 58.4 cm³/mol. The summed E-state index contributed by atoms with van der Waals surface area (Å²) < 4.78 is 5.16. The first-order valence-corrected chi connectivity index (χ1v) is 5.24. The number of hydrogen-bond donors (Lipinski definition) is 2. The molecule has 6 nitrogen and oxygen atoms in total. The topological polar surface area (TPSA) is 102 Å². The minimum Gasteiger partial charge on any atom is -0.439 e. The van der Waals surface area contributed by atoms with Crippen LogP contribution in [-0.2, 0) is 0 Å². The van der Waals surface area contributed by atoms with E-state index in [9.17, 15) is 0 Å². The Kier molecular flexibility index (Phi) is 2.86. The van der Waals surface area contributed by atoms with Gasteiger partial charge in [-0.05, 0) is 13.0 Å². The van der Waals surface area contributed by atoms with Crippen LogP contribution in [0.15, 0.2) is 33.3 Å². The highest BCUT2D eigenvalue weighted by atomic mass is 32.2. The molecule has 7 heteroatoms. The molecule has 0 radical (unpaired) electrons. The third-order valence-electron chi connectivity index (χ3n) is 1.69. The third kappa shape index (κ3) is 2.37. The summed E-state index contributed by atoms with van der Waals surface area (Å²) in [5.41, 5.74) is 6.51. The predicted octanol–water partition coefficient (Wildman–Crippen LogP) is 1.21. The Labute approximate surface area is 95.8 Å². The summed E-state index contributed by atoms with van der Waals surface area (Å²) in [6.07, 6.45) is 3.10. The minimum atomic E-state index is -0.0900. The first-order chi connectivity index (χ1) is 7.65. The number of aryl methyl sites for hydroxylation is 1. The van der Waals surface area contributed by atoms with E-state index < -0.39 is 0 Å². The number of nitrogens with zero attached hydrogens (tertiary/aromatic N) is 3. The van der Waals surface area contributed by atoms with Gasteiger partial charge in [0.2, 0.25) is 0 Å². The SMILES string of the molecule is Cc1coc(Sc2nccc(C(=N)N)n2)n1. The highest BCUT2D eigenvalue weighted by molar-refractivity contribution is 7.98. The van der Waals surface area contributed by atoms with Gasteiger partial charge in [0.15, 0.2) is 5.16 Å². The van der Waals surface area contributed by atoms with Crippen molar-refractivity contribution in [3.8, 4) is 0 Å². The van der Waals surface area contributed by atoms with Gasteiger partial charge in [-0.15, -0.1) is 0 Å². The van der Waals surface area contributed by atoms with Crippen LogP contribution in [0.4, 0.5) is 0 Å². The van der Waals surface area contributed by atoms with Crippen LogP contribution in [0.5, 0.6) is 0 Å². The second kappa shape index (κ2) is 4.31. The third-order valence-corrected chi connectivity index (χ3v) is 2.43. The Morgan fingerprint density at radius 1 is 1.50 bits per heavy atom. The van der Waals surface area contributed by atoms with Gasteiger partial charge >= 0.3 is 0 Å². The first-order valence-electron chi connectivity index (χ1n) is 4.42. The Hall–Kier alpha value is -1.89. The maximum absolute atomic E-state index is 7.26. The maximum atomic E-state index is 7.26. The molecule has 0 aliphatic rings. The molecule has 2 rings (SSSR count). The average molecular weight is 235 g/mol. The van der Waals surface area contributed by atoms with Crippen LogP contribution >= 0.6 is 11.8 Å². The molecule has 82 valence electrons. The molecule has 2 aromatic heterocycles. The zero-order chi connectivity index (χ0) is 11.5. The van der Waals surface area contributed by atoms with E-state index in [1.807, 2.05) is 6.92 Å². The fourth-order valence-electron chi connectivity index (χ4n) is 0.997. The molecule has 0 saturated heterocycles. The second-order valence-electron chi connectivity index (χ2n) is 2.99. The molecule has 0 saturated carbocycles. The molecule has 0 aromatic carbocycles. The molecule has 0 atom stereocenters. The van der Waals surface area contributed by atoms with Gasteiger partial charge in [-0.1, -0.05) is 0 Å². The van der Waals surface area contributed by atoms with Crippen molar-refractivity contribution in [1.82, 2.24) is 15.0 Å². The molecule has 2 aromatic rings. The van der Waals surface area contributed by atoms with Crippen LogP contribution in [0.2, 0.25) is 0 Å². The Morgan fingerprint density at radius 3 is 2.94 bits per heavy atom. The van der Waals surface area contributed by atoms with Crippen LogP contribution in [0.1, 0.15) is 11.4 Å². The van der Waals surface area contributed by atoms with Crippen LogP contribution in [0.3, 0.4) is 0 Å². The highest BCUT2D eigenvalue weighted by Gasteiger charge is 2.07. The van der Waals surface area contributed by atoms with Crippen molar-refractivity contribution in [2.45, 2.75) is 17.3 Å². The second-order valence-corrected chi connectivity index (χ2v) is 3.91. The normalized spacial score (nSPS) is 10.3. The Morgan fingerprint density at radius 2 is 2.31 bits per heavy atom. The average Bonchev–Trinajstić information content (AvgIpc) is 2.64.